The van der Waals surface area contributed by atoms with E-state index in [0.29, 0.717) is 23.7 Å². The van der Waals surface area contributed by atoms with Gasteiger partial charge in [-0.05, 0) is 25.0 Å². The van der Waals surface area contributed by atoms with E-state index >= 15 is 0 Å². The maximum absolute atomic E-state index is 12.4. The van der Waals surface area contributed by atoms with Gasteiger partial charge in [0.1, 0.15) is 0 Å². The number of hydrogen-bond donors (Lipinski definition) is 1. The summed E-state index contributed by atoms with van der Waals surface area (Å²) in [6.45, 7) is 0.127. The lowest BCUT2D eigenvalue weighted by Crippen LogP contribution is -2.38. The predicted molar refractivity (Wildman–Crippen MR) is 97.9 cm³/mol. The summed E-state index contributed by atoms with van der Waals surface area (Å²) in [5.74, 6) is -0.0757. The van der Waals surface area contributed by atoms with Gasteiger partial charge in [-0.15, -0.1) is 0 Å². The van der Waals surface area contributed by atoms with Gasteiger partial charge in [0.25, 0.3) is 5.56 Å². The Morgan fingerprint density at radius 1 is 1.31 bits per heavy atom. The number of benzene rings is 1. The van der Waals surface area contributed by atoms with Crippen LogP contribution in [-0.4, -0.2) is 53.4 Å². The van der Waals surface area contributed by atoms with Crippen molar-refractivity contribution in [2.45, 2.75) is 31.8 Å². The third kappa shape index (κ3) is 3.72. The first-order valence-corrected chi connectivity index (χ1v) is 10.3. The summed E-state index contributed by atoms with van der Waals surface area (Å²) in [7, 11) is -1.45. The highest BCUT2D eigenvalue weighted by molar-refractivity contribution is 7.91. The number of aromatic nitrogens is 2. The third-order valence-electron chi connectivity index (χ3n) is 4.81. The molecule has 0 bridgehead atoms. The van der Waals surface area contributed by atoms with Gasteiger partial charge in [-0.3, -0.25) is 14.2 Å². The van der Waals surface area contributed by atoms with Crippen molar-refractivity contribution in [3.63, 3.8) is 0 Å². The van der Waals surface area contributed by atoms with Gasteiger partial charge in [-0.1, -0.05) is 12.1 Å². The summed E-state index contributed by atoms with van der Waals surface area (Å²) < 4.78 is 24.2. The molecule has 0 spiro atoms. The first-order valence-electron chi connectivity index (χ1n) is 8.46. The minimum absolute atomic E-state index is 0.000952. The second-order valence-corrected chi connectivity index (χ2v) is 8.83. The molecule has 8 nitrogen and oxygen atoms in total. The zero-order chi connectivity index (χ0) is 18.9. The number of nitrogens with zero attached hydrogens (tertiary/aromatic N) is 2. The summed E-state index contributed by atoms with van der Waals surface area (Å²) in [5, 5.41) is 0.423. The molecule has 1 aromatic carbocycles. The molecule has 26 heavy (non-hydrogen) atoms. The van der Waals surface area contributed by atoms with Crippen LogP contribution in [0.15, 0.2) is 33.9 Å². The van der Waals surface area contributed by atoms with Crippen LogP contribution in [0.4, 0.5) is 0 Å². The summed E-state index contributed by atoms with van der Waals surface area (Å²) >= 11 is 0. The van der Waals surface area contributed by atoms with Gasteiger partial charge in [-0.25, -0.2) is 13.2 Å². The van der Waals surface area contributed by atoms with Crippen LogP contribution in [0, 0.1) is 0 Å². The van der Waals surface area contributed by atoms with E-state index in [2.05, 4.69) is 4.98 Å². The number of rotatable bonds is 5. The number of hydrogen-bond acceptors (Lipinski definition) is 5. The highest BCUT2D eigenvalue weighted by atomic mass is 32.2. The van der Waals surface area contributed by atoms with Crippen LogP contribution in [-0.2, 0) is 21.2 Å². The van der Waals surface area contributed by atoms with Crippen molar-refractivity contribution in [2.75, 3.05) is 18.6 Å². The number of para-hydroxylation sites is 1. The first-order chi connectivity index (χ1) is 12.3. The average molecular weight is 379 g/mol. The lowest BCUT2D eigenvalue weighted by Gasteiger charge is -2.23. The van der Waals surface area contributed by atoms with Gasteiger partial charge >= 0.3 is 5.69 Å². The highest BCUT2D eigenvalue weighted by Crippen LogP contribution is 2.17. The molecule has 1 aromatic heterocycles. The van der Waals surface area contributed by atoms with Gasteiger partial charge in [-0.2, -0.15) is 0 Å². The van der Waals surface area contributed by atoms with Crippen molar-refractivity contribution in [2.24, 2.45) is 0 Å². The molecule has 1 N–H and O–H groups in total. The Morgan fingerprint density at radius 2 is 2.04 bits per heavy atom. The molecule has 0 unspecified atom stereocenters. The van der Waals surface area contributed by atoms with E-state index in [9.17, 15) is 22.8 Å². The molecule has 1 saturated heterocycles. The quantitative estimate of drug-likeness (QED) is 0.793. The minimum Gasteiger partial charge on any atom is -0.342 e. The van der Waals surface area contributed by atoms with Crippen LogP contribution in [0.25, 0.3) is 10.9 Å². The van der Waals surface area contributed by atoms with E-state index in [1.54, 1.807) is 31.3 Å². The Bertz CT molecular complexity index is 1050. The van der Waals surface area contributed by atoms with Crippen molar-refractivity contribution < 1.29 is 13.2 Å². The fourth-order valence-electron chi connectivity index (χ4n) is 3.25. The Kier molecular flexibility index (Phi) is 4.99. The summed E-state index contributed by atoms with van der Waals surface area (Å²) in [6.07, 6.45) is 0.921. The molecule has 1 fully saturated rings. The Balaban J connectivity index is 1.65. The molecule has 2 aromatic rings. The van der Waals surface area contributed by atoms with Crippen LogP contribution in [0.2, 0.25) is 0 Å². The van der Waals surface area contributed by atoms with Crippen LogP contribution in [0.5, 0.6) is 0 Å². The average Bonchev–Trinajstić information content (AvgIpc) is 2.96. The number of fused-ring (bicyclic) bond motifs is 1. The van der Waals surface area contributed by atoms with E-state index in [4.69, 9.17) is 0 Å². The predicted octanol–water partition coefficient (Wildman–Crippen LogP) is 0.116. The number of carbonyl (C=O) groups is 1. The molecule has 9 heteroatoms. The molecular weight excluding hydrogens is 358 g/mol. The van der Waals surface area contributed by atoms with E-state index in [-0.39, 0.29) is 42.0 Å². The molecule has 1 aliphatic rings. The third-order valence-corrected chi connectivity index (χ3v) is 6.56. The minimum atomic E-state index is -3.05. The molecule has 3 rings (SSSR count). The lowest BCUT2D eigenvalue weighted by atomic mass is 10.2. The molecule has 2 heterocycles. The van der Waals surface area contributed by atoms with Crippen LogP contribution in [0.3, 0.4) is 0 Å². The van der Waals surface area contributed by atoms with Gasteiger partial charge in [0.05, 0.1) is 22.4 Å². The molecular formula is C17H21N3O5S. The van der Waals surface area contributed by atoms with Crippen LogP contribution in [0.1, 0.15) is 19.3 Å². The molecule has 0 aliphatic carbocycles. The second kappa shape index (κ2) is 7.06. The van der Waals surface area contributed by atoms with Crippen LogP contribution < -0.4 is 11.2 Å². The molecule has 0 saturated carbocycles. The van der Waals surface area contributed by atoms with Crippen molar-refractivity contribution in [3.8, 4) is 0 Å². The van der Waals surface area contributed by atoms with Gasteiger partial charge in [0, 0.05) is 26.1 Å². The van der Waals surface area contributed by atoms with Crippen molar-refractivity contribution >= 4 is 26.6 Å². The SMILES string of the molecule is CN(C(=O)CCCn1c(=O)[nH]c2ccccc2c1=O)[C@H]1CCS(=O)(=O)C1. The fourth-order valence-corrected chi connectivity index (χ4v) is 5.03. The smallest absolute Gasteiger partial charge is 0.328 e. The number of sulfone groups is 1. The van der Waals surface area contributed by atoms with Crippen LogP contribution >= 0.6 is 0 Å². The van der Waals surface area contributed by atoms with E-state index in [1.807, 2.05) is 0 Å². The summed E-state index contributed by atoms with van der Waals surface area (Å²) in [5.41, 5.74) is -0.402. The zero-order valence-electron chi connectivity index (χ0n) is 14.5. The fraction of sp³-hybridized carbons (Fsp3) is 0.471. The maximum Gasteiger partial charge on any atom is 0.328 e. The number of aromatic amines is 1. The van der Waals surface area contributed by atoms with Crippen molar-refractivity contribution in [1.82, 2.24) is 14.5 Å². The largest absolute Gasteiger partial charge is 0.342 e. The van der Waals surface area contributed by atoms with E-state index < -0.39 is 15.5 Å². The number of nitrogens with one attached hydrogen (secondary N) is 1. The summed E-state index contributed by atoms with van der Waals surface area (Å²) in [4.78, 5) is 40.9. The first kappa shape index (κ1) is 18.4. The van der Waals surface area contributed by atoms with Gasteiger partial charge < -0.3 is 9.88 Å². The maximum atomic E-state index is 12.4. The second-order valence-electron chi connectivity index (χ2n) is 6.60. The Morgan fingerprint density at radius 3 is 2.73 bits per heavy atom. The molecule has 1 atom stereocenters. The van der Waals surface area contributed by atoms with Crippen molar-refractivity contribution in [1.29, 1.82) is 0 Å². The standard InChI is InChI=1S/C17H21N3O5S/c1-19(12-8-10-26(24,25)11-12)15(21)7-4-9-20-16(22)13-5-2-3-6-14(13)18-17(20)23/h2-3,5-6,12H,4,7-11H2,1H3,(H,18,23)/t12-/m0/s1. The monoisotopic (exact) mass is 379 g/mol. The Labute approximate surface area is 150 Å². The summed E-state index contributed by atoms with van der Waals surface area (Å²) in [6, 6.07) is 6.47. The zero-order valence-corrected chi connectivity index (χ0v) is 15.3. The number of H-pyrrole nitrogens is 1. The Hall–Kier alpha value is -2.42. The molecule has 0 radical (unpaired) electrons. The molecule has 140 valence electrons. The molecule has 1 amide bonds. The van der Waals surface area contributed by atoms with Gasteiger partial charge in [0.2, 0.25) is 5.91 Å². The molecule has 1 aliphatic heterocycles. The number of carbonyl (C=O) groups excluding carboxylic acids is 1. The van der Waals surface area contributed by atoms with E-state index in [0.717, 1.165) is 4.57 Å². The normalized spacial score (nSPS) is 18.9. The van der Waals surface area contributed by atoms with E-state index in [1.165, 1.54) is 4.90 Å². The lowest BCUT2D eigenvalue weighted by molar-refractivity contribution is -0.131. The number of amides is 1. The van der Waals surface area contributed by atoms with Crippen molar-refractivity contribution in [3.05, 3.63) is 45.1 Å². The highest BCUT2D eigenvalue weighted by Gasteiger charge is 2.32. The topological polar surface area (TPSA) is 109 Å². The van der Waals surface area contributed by atoms with Gasteiger partial charge in [0.15, 0.2) is 9.84 Å².